The number of aliphatic hydroxyl groups is 1. The van der Waals surface area contributed by atoms with E-state index in [1.165, 1.54) is 0 Å². The number of rotatable bonds is 5. The number of fused-ring (bicyclic) bond motifs is 1. The summed E-state index contributed by atoms with van der Waals surface area (Å²) in [5.74, 6) is 0.880. The molecule has 0 spiro atoms. The van der Waals surface area contributed by atoms with Gasteiger partial charge >= 0.3 is 0 Å². The van der Waals surface area contributed by atoms with Crippen LogP contribution < -0.4 is 5.32 Å². The van der Waals surface area contributed by atoms with Crippen molar-refractivity contribution >= 4 is 27.3 Å². The normalized spacial score (nSPS) is 15.7. The number of benzene rings is 1. The standard InChI is InChI=1S/C17H16N2O3S/c20-14(12-9-23-16-4-2-1-3-11(12)16)8-18-17(21)13-7-15(22-19-13)10-5-6-10/h1-4,7,9-10,14,20H,5-6,8H2,(H,18,21). The molecule has 6 heteroatoms. The maximum Gasteiger partial charge on any atom is 0.273 e. The van der Waals surface area contributed by atoms with Crippen LogP contribution in [0.25, 0.3) is 10.1 Å². The van der Waals surface area contributed by atoms with Gasteiger partial charge in [-0.3, -0.25) is 4.79 Å². The van der Waals surface area contributed by atoms with Crippen LogP contribution in [0, 0.1) is 0 Å². The lowest BCUT2D eigenvalue weighted by Crippen LogP contribution is -2.28. The zero-order valence-corrected chi connectivity index (χ0v) is 13.2. The van der Waals surface area contributed by atoms with Crippen LogP contribution in [0.3, 0.4) is 0 Å². The summed E-state index contributed by atoms with van der Waals surface area (Å²) in [6, 6.07) is 9.60. The van der Waals surface area contributed by atoms with Crippen molar-refractivity contribution in [3.05, 3.63) is 52.7 Å². The van der Waals surface area contributed by atoms with E-state index in [1.807, 2.05) is 29.6 Å². The van der Waals surface area contributed by atoms with Gasteiger partial charge in [-0.25, -0.2) is 0 Å². The molecule has 23 heavy (non-hydrogen) atoms. The Morgan fingerprint density at radius 1 is 1.43 bits per heavy atom. The fourth-order valence-electron chi connectivity index (χ4n) is 2.60. The molecule has 2 aromatic heterocycles. The first-order valence-electron chi connectivity index (χ1n) is 7.61. The van der Waals surface area contributed by atoms with Crippen molar-refractivity contribution in [1.29, 1.82) is 0 Å². The monoisotopic (exact) mass is 328 g/mol. The summed E-state index contributed by atoms with van der Waals surface area (Å²) in [5, 5.41) is 19.8. The number of hydrogen-bond acceptors (Lipinski definition) is 5. The van der Waals surface area contributed by atoms with E-state index in [9.17, 15) is 9.90 Å². The molecule has 1 aliphatic rings. The fraction of sp³-hybridized carbons (Fsp3) is 0.294. The number of aliphatic hydroxyl groups excluding tert-OH is 1. The maximum atomic E-state index is 12.1. The number of nitrogens with zero attached hydrogens (tertiary/aromatic N) is 1. The molecule has 0 aliphatic heterocycles. The van der Waals surface area contributed by atoms with Crippen molar-refractivity contribution in [3.63, 3.8) is 0 Å². The Morgan fingerprint density at radius 3 is 3.09 bits per heavy atom. The van der Waals surface area contributed by atoms with Gasteiger partial charge in [0.15, 0.2) is 5.69 Å². The molecule has 2 heterocycles. The lowest BCUT2D eigenvalue weighted by atomic mass is 10.1. The van der Waals surface area contributed by atoms with Gasteiger partial charge in [-0.15, -0.1) is 11.3 Å². The number of amides is 1. The summed E-state index contributed by atoms with van der Waals surface area (Å²) in [6.07, 6.45) is 1.45. The average Bonchev–Trinajstić information content (AvgIpc) is 3.14. The number of carbonyl (C=O) groups is 1. The Bertz CT molecular complexity index is 850. The molecule has 0 radical (unpaired) electrons. The molecule has 1 saturated carbocycles. The first kappa shape index (κ1) is 14.4. The second-order valence-corrected chi connectivity index (χ2v) is 6.71. The van der Waals surface area contributed by atoms with Gasteiger partial charge in [-0.1, -0.05) is 23.4 Å². The van der Waals surface area contributed by atoms with E-state index in [0.29, 0.717) is 5.92 Å². The molecule has 2 N–H and O–H groups in total. The van der Waals surface area contributed by atoms with E-state index < -0.39 is 6.10 Å². The molecule has 1 amide bonds. The number of thiophene rings is 1. The van der Waals surface area contributed by atoms with Crippen molar-refractivity contribution in [2.24, 2.45) is 0 Å². The number of aromatic nitrogens is 1. The third-order valence-corrected chi connectivity index (χ3v) is 5.05. The molecule has 4 rings (SSSR count). The highest BCUT2D eigenvalue weighted by molar-refractivity contribution is 7.17. The topological polar surface area (TPSA) is 75.4 Å². The van der Waals surface area contributed by atoms with E-state index >= 15 is 0 Å². The SMILES string of the molecule is O=C(NCC(O)c1csc2ccccc12)c1cc(C2CC2)on1. The van der Waals surface area contributed by atoms with Crippen LogP contribution in [0.15, 0.2) is 40.2 Å². The molecule has 0 bridgehead atoms. The Balaban J connectivity index is 1.42. The van der Waals surface area contributed by atoms with Crippen LogP contribution in [0.4, 0.5) is 0 Å². The predicted molar refractivity (Wildman–Crippen MR) is 87.6 cm³/mol. The molecule has 1 aromatic carbocycles. The smallest absolute Gasteiger partial charge is 0.273 e. The number of hydrogen-bond donors (Lipinski definition) is 2. The van der Waals surface area contributed by atoms with Crippen LogP contribution in [-0.2, 0) is 0 Å². The van der Waals surface area contributed by atoms with Gasteiger partial charge in [0.25, 0.3) is 5.91 Å². The van der Waals surface area contributed by atoms with E-state index in [2.05, 4.69) is 10.5 Å². The van der Waals surface area contributed by atoms with Gasteiger partial charge in [0.1, 0.15) is 5.76 Å². The number of nitrogens with one attached hydrogen (secondary N) is 1. The summed E-state index contributed by atoms with van der Waals surface area (Å²) in [5.41, 5.74) is 1.11. The third-order valence-electron chi connectivity index (χ3n) is 4.07. The zero-order chi connectivity index (χ0) is 15.8. The molecule has 1 unspecified atom stereocenters. The van der Waals surface area contributed by atoms with E-state index in [4.69, 9.17) is 4.52 Å². The van der Waals surface area contributed by atoms with E-state index in [0.717, 1.165) is 34.3 Å². The molecule has 5 nitrogen and oxygen atoms in total. The van der Waals surface area contributed by atoms with Crippen molar-refractivity contribution in [2.75, 3.05) is 6.54 Å². The van der Waals surface area contributed by atoms with Gasteiger partial charge in [0, 0.05) is 28.8 Å². The van der Waals surface area contributed by atoms with Gasteiger partial charge in [-0.05, 0) is 29.7 Å². The lowest BCUT2D eigenvalue weighted by Gasteiger charge is -2.10. The van der Waals surface area contributed by atoms with Crippen molar-refractivity contribution in [1.82, 2.24) is 10.5 Å². The van der Waals surface area contributed by atoms with Crippen LogP contribution >= 0.6 is 11.3 Å². The summed E-state index contributed by atoms with van der Waals surface area (Å²) < 4.78 is 6.30. The molecule has 0 saturated heterocycles. The Morgan fingerprint density at radius 2 is 2.26 bits per heavy atom. The summed E-state index contributed by atoms with van der Waals surface area (Å²) in [7, 11) is 0. The molecule has 3 aromatic rings. The predicted octanol–water partition coefficient (Wildman–Crippen LogP) is 3.23. The van der Waals surface area contributed by atoms with Crippen LogP contribution in [0.2, 0.25) is 0 Å². The maximum absolute atomic E-state index is 12.1. The Hall–Kier alpha value is -2.18. The zero-order valence-electron chi connectivity index (χ0n) is 12.4. The summed E-state index contributed by atoms with van der Waals surface area (Å²) in [6.45, 7) is 0.144. The van der Waals surface area contributed by atoms with Gasteiger partial charge in [0.05, 0.1) is 6.10 Å². The Kier molecular flexibility index (Phi) is 3.63. The largest absolute Gasteiger partial charge is 0.387 e. The minimum absolute atomic E-state index is 0.144. The summed E-state index contributed by atoms with van der Waals surface area (Å²) in [4.78, 5) is 12.1. The quantitative estimate of drug-likeness (QED) is 0.754. The van der Waals surface area contributed by atoms with Crippen LogP contribution in [-0.4, -0.2) is 22.7 Å². The van der Waals surface area contributed by atoms with E-state index in [-0.39, 0.29) is 18.1 Å². The molecule has 1 atom stereocenters. The minimum Gasteiger partial charge on any atom is -0.387 e. The second-order valence-electron chi connectivity index (χ2n) is 5.80. The van der Waals surface area contributed by atoms with Gasteiger partial charge in [0.2, 0.25) is 0 Å². The third kappa shape index (κ3) is 2.87. The molecular weight excluding hydrogens is 312 g/mol. The van der Waals surface area contributed by atoms with Crippen LogP contribution in [0.5, 0.6) is 0 Å². The molecule has 1 fully saturated rings. The second kappa shape index (κ2) is 5.79. The first-order valence-corrected chi connectivity index (χ1v) is 8.49. The molecule has 118 valence electrons. The fourth-order valence-corrected chi connectivity index (χ4v) is 3.61. The highest BCUT2D eigenvalue weighted by Crippen LogP contribution is 2.40. The van der Waals surface area contributed by atoms with Crippen molar-refractivity contribution in [3.8, 4) is 0 Å². The van der Waals surface area contributed by atoms with Crippen molar-refractivity contribution in [2.45, 2.75) is 24.9 Å². The first-order chi connectivity index (χ1) is 11.2. The van der Waals surface area contributed by atoms with Crippen LogP contribution in [0.1, 0.15) is 46.7 Å². The van der Waals surface area contributed by atoms with Gasteiger partial charge < -0.3 is 14.9 Å². The highest BCUT2D eigenvalue weighted by Gasteiger charge is 2.29. The Labute approximate surface area is 136 Å². The van der Waals surface area contributed by atoms with E-state index in [1.54, 1.807) is 17.4 Å². The number of carbonyl (C=O) groups excluding carboxylic acids is 1. The minimum atomic E-state index is -0.745. The lowest BCUT2D eigenvalue weighted by molar-refractivity contribution is 0.0908. The molecule has 1 aliphatic carbocycles. The van der Waals surface area contributed by atoms with Gasteiger partial charge in [-0.2, -0.15) is 0 Å². The van der Waals surface area contributed by atoms with Crippen molar-refractivity contribution < 1.29 is 14.4 Å². The average molecular weight is 328 g/mol. The summed E-state index contributed by atoms with van der Waals surface area (Å²) >= 11 is 1.59. The highest BCUT2D eigenvalue weighted by atomic mass is 32.1. The molecular formula is C17H16N2O3S.